The molecule has 3 rings (SSSR count). The number of aromatic nitrogens is 4. The zero-order valence-corrected chi connectivity index (χ0v) is 19.3. The van der Waals surface area contributed by atoms with Crippen LogP contribution in [0.15, 0.2) is 32.7 Å². The minimum Gasteiger partial charge on any atom is -0.354 e. The van der Waals surface area contributed by atoms with Gasteiger partial charge in [-0.25, -0.2) is 9.78 Å². The van der Waals surface area contributed by atoms with Gasteiger partial charge in [-0.2, -0.15) is 11.3 Å². The molecule has 10 heteroatoms. The number of imidazole rings is 1. The second-order valence-electron chi connectivity index (χ2n) is 7.52. The number of likely N-dealkylation sites (N-methyl/N-ethyl adjacent to an activating group) is 1. The second-order valence-corrected chi connectivity index (χ2v) is 8.30. The molecule has 0 fully saturated rings. The normalized spacial score (nSPS) is 12.5. The Hall–Kier alpha value is -2.72. The van der Waals surface area contributed by atoms with Crippen LogP contribution in [0.4, 0.5) is 0 Å². The number of carbonyl (C=O) groups excluding carboxylic acids is 1. The molecular weight excluding hydrogens is 416 g/mol. The Labute approximate surface area is 184 Å². The fraction of sp³-hybridized carbons (Fsp3) is 0.524. The molecule has 3 aromatic heterocycles. The molecule has 0 aromatic carbocycles. The maximum absolute atomic E-state index is 12.5. The lowest BCUT2D eigenvalue weighted by molar-refractivity contribution is -0.121. The molecule has 0 aliphatic carbocycles. The molecule has 3 heterocycles. The highest BCUT2D eigenvalue weighted by Gasteiger charge is 2.19. The van der Waals surface area contributed by atoms with Crippen molar-refractivity contribution < 1.29 is 4.79 Å². The lowest BCUT2D eigenvalue weighted by Gasteiger charge is -2.29. The first-order valence-corrected chi connectivity index (χ1v) is 11.5. The van der Waals surface area contributed by atoms with Crippen LogP contribution in [0.1, 0.15) is 38.3 Å². The molecule has 1 unspecified atom stereocenters. The van der Waals surface area contributed by atoms with Crippen LogP contribution in [0.2, 0.25) is 0 Å². The van der Waals surface area contributed by atoms with Crippen LogP contribution in [0, 0.1) is 0 Å². The zero-order valence-electron chi connectivity index (χ0n) is 18.5. The molecule has 0 bridgehead atoms. The van der Waals surface area contributed by atoms with Gasteiger partial charge in [0.15, 0.2) is 11.2 Å². The predicted molar refractivity (Wildman–Crippen MR) is 122 cm³/mol. The van der Waals surface area contributed by atoms with Crippen molar-refractivity contribution in [3.05, 3.63) is 49.6 Å². The van der Waals surface area contributed by atoms with Crippen LogP contribution in [0.25, 0.3) is 11.2 Å². The molecule has 0 aliphatic heterocycles. The minimum atomic E-state index is -0.407. The third-order valence-corrected chi connectivity index (χ3v) is 6.40. The number of hydrogen-bond acceptors (Lipinski definition) is 6. The van der Waals surface area contributed by atoms with Crippen LogP contribution in [0.3, 0.4) is 0 Å². The Morgan fingerprint density at radius 3 is 2.61 bits per heavy atom. The first-order valence-electron chi connectivity index (χ1n) is 10.5. The number of nitrogens with zero attached hydrogens (tertiary/aromatic N) is 5. The van der Waals surface area contributed by atoms with Gasteiger partial charge >= 0.3 is 5.69 Å². The van der Waals surface area contributed by atoms with Crippen molar-refractivity contribution in [2.75, 3.05) is 19.6 Å². The Bertz CT molecular complexity index is 1140. The summed E-state index contributed by atoms with van der Waals surface area (Å²) in [6.07, 6.45) is 2.47. The van der Waals surface area contributed by atoms with Gasteiger partial charge in [-0.15, -0.1) is 0 Å². The molecular formula is C21H30N6O3S. The Morgan fingerprint density at radius 1 is 1.23 bits per heavy atom. The molecule has 1 amide bonds. The molecule has 0 radical (unpaired) electrons. The average Bonchev–Trinajstić information content (AvgIpc) is 3.44. The number of carbonyl (C=O) groups is 1. The smallest absolute Gasteiger partial charge is 0.332 e. The van der Waals surface area contributed by atoms with Gasteiger partial charge < -0.3 is 9.88 Å². The molecule has 0 saturated carbocycles. The fourth-order valence-electron chi connectivity index (χ4n) is 3.86. The molecule has 3 aromatic rings. The summed E-state index contributed by atoms with van der Waals surface area (Å²) in [5.41, 5.74) is 1.17. The second kappa shape index (κ2) is 10.1. The number of hydrogen-bond donors (Lipinski definition) is 1. The summed E-state index contributed by atoms with van der Waals surface area (Å²) in [6.45, 7) is 7.12. The van der Waals surface area contributed by atoms with Crippen molar-refractivity contribution in [2.45, 2.75) is 39.3 Å². The lowest BCUT2D eigenvalue weighted by atomic mass is 10.1. The number of thiophene rings is 1. The van der Waals surface area contributed by atoms with Gasteiger partial charge in [0.1, 0.15) is 0 Å². The first-order chi connectivity index (χ1) is 14.9. The van der Waals surface area contributed by atoms with Crippen LogP contribution >= 0.6 is 11.3 Å². The van der Waals surface area contributed by atoms with Crippen molar-refractivity contribution in [2.24, 2.45) is 14.1 Å². The third-order valence-electron chi connectivity index (χ3n) is 5.69. The van der Waals surface area contributed by atoms with E-state index in [-0.39, 0.29) is 17.5 Å². The van der Waals surface area contributed by atoms with Gasteiger partial charge in [0.25, 0.3) is 5.56 Å². The summed E-state index contributed by atoms with van der Waals surface area (Å²) in [7, 11) is 3.05. The van der Waals surface area contributed by atoms with Crippen LogP contribution < -0.4 is 16.6 Å². The van der Waals surface area contributed by atoms with E-state index >= 15 is 0 Å². The number of fused-ring (bicyclic) bond motifs is 1. The molecule has 1 N–H and O–H groups in total. The monoisotopic (exact) mass is 446 g/mol. The topological polar surface area (TPSA) is 94.2 Å². The van der Waals surface area contributed by atoms with Gasteiger partial charge in [0.2, 0.25) is 5.91 Å². The van der Waals surface area contributed by atoms with Crippen molar-refractivity contribution in [1.29, 1.82) is 0 Å². The molecule has 9 nitrogen and oxygen atoms in total. The van der Waals surface area contributed by atoms with Crippen LogP contribution in [-0.4, -0.2) is 49.1 Å². The summed E-state index contributed by atoms with van der Waals surface area (Å²) < 4.78 is 4.15. The largest absolute Gasteiger partial charge is 0.354 e. The van der Waals surface area contributed by atoms with E-state index in [1.54, 1.807) is 29.3 Å². The zero-order chi connectivity index (χ0) is 22.5. The molecule has 0 saturated heterocycles. The summed E-state index contributed by atoms with van der Waals surface area (Å²) >= 11 is 1.66. The first kappa shape index (κ1) is 23.0. The highest BCUT2D eigenvalue weighted by molar-refractivity contribution is 7.07. The van der Waals surface area contributed by atoms with Crippen molar-refractivity contribution in [1.82, 2.24) is 28.9 Å². The Balaban J connectivity index is 1.60. The van der Waals surface area contributed by atoms with Gasteiger partial charge in [-0.05, 0) is 41.9 Å². The van der Waals surface area contributed by atoms with Crippen molar-refractivity contribution in [3.63, 3.8) is 0 Å². The van der Waals surface area contributed by atoms with Crippen LogP contribution in [-0.2, 0) is 25.4 Å². The molecule has 168 valence electrons. The van der Waals surface area contributed by atoms with Gasteiger partial charge in [-0.1, -0.05) is 13.8 Å². The number of aryl methyl sites for hydroxylation is 2. The fourth-order valence-corrected chi connectivity index (χ4v) is 4.57. The summed E-state index contributed by atoms with van der Waals surface area (Å²) in [6, 6.07) is 2.27. The van der Waals surface area contributed by atoms with E-state index in [0.29, 0.717) is 37.1 Å². The van der Waals surface area contributed by atoms with Crippen LogP contribution in [0.5, 0.6) is 0 Å². The number of nitrogens with one attached hydrogen (secondary N) is 1. The van der Waals surface area contributed by atoms with Gasteiger partial charge in [-0.3, -0.25) is 23.6 Å². The lowest BCUT2D eigenvalue weighted by Crippen LogP contribution is -2.38. The average molecular weight is 447 g/mol. The van der Waals surface area contributed by atoms with E-state index in [4.69, 9.17) is 0 Å². The summed E-state index contributed by atoms with van der Waals surface area (Å²) in [5, 5.41) is 7.25. The Morgan fingerprint density at radius 2 is 1.97 bits per heavy atom. The Kier molecular flexibility index (Phi) is 7.45. The van der Waals surface area contributed by atoms with E-state index in [0.717, 1.165) is 17.7 Å². The molecule has 31 heavy (non-hydrogen) atoms. The highest BCUT2D eigenvalue weighted by Crippen LogP contribution is 2.22. The molecule has 1 atom stereocenters. The highest BCUT2D eigenvalue weighted by atomic mass is 32.1. The van der Waals surface area contributed by atoms with E-state index in [9.17, 15) is 14.4 Å². The molecule has 0 aliphatic rings. The van der Waals surface area contributed by atoms with E-state index in [1.165, 1.54) is 17.2 Å². The summed E-state index contributed by atoms with van der Waals surface area (Å²) in [5.74, 6) is -0.0166. The summed E-state index contributed by atoms with van der Waals surface area (Å²) in [4.78, 5) is 43.5. The third kappa shape index (κ3) is 4.80. The SMILES string of the molecule is CCN(CC)C(CNC(=O)CCCn1cnc2c1c(=O)n(C)c(=O)n2C)c1ccsc1. The maximum atomic E-state index is 12.5. The molecule has 0 spiro atoms. The quantitative estimate of drug-likeness (QED) is 0.509. The van der Waals surface area contributed by atoms with E-state index in [2.05, 4.69) is 45.9 Å². The minimum absolute atomic E-state index is 0.0166. The van der Waals surface area contributed by atoms with Gasteiger partial charge in [0, 0.05) is 33.6 Å². The maximum Gasteiger partial charge on any atom is 0.332 e. The van der Waals surface area contributed by atoms with Crippen molar-refractivity contribution >= 4 is 28.4 Å². The number of amides is 1. The van der Waals surface area contributed by atoms with E-state index < -0.39 is 5.69 Å². The predicted octanol–water partition coefficient (Wildman–Crippen LogP) is 1.47. The van der Waals surface area contributed by atoms with Crippen molar-refractivity contribution in [3.8, 4) is 0 Å². The standard InChI is InChI=1S/C21H30N6O3S/c1-5-26(6-2)16(15-9-11-31-13-15)12-22-17(28)8-7-10-27-14-23-19-18(27)20(29)25(4)21(30)24(19)3/h9,11,13-14,16H,5-8,10,12H2,1-4H3,(H,22,28). The van der Waals surface area contributed by atoms with E-state index in [1.807, 2.05) is 0 Å². The van der Waals surface area contributed by atoms with Gasteiger partial charge in [0.05, 0.1) is 12.4 Å². The number of rotatable bonds is 10.